The van der Waals surface area contributed by atoms with Crippen molar-refractivity contribution in [2.75, 3.05) is 26.0 Å². The van der Waals surface area contributed by atoms with Crippen molar-refractivity contribution in [2.45, 2.75) is 12.8 Å². The van der Waals surface area contributed by atoms with E-state index in [1.165, 1.54) is 6.08 Å². The number of furan rings is 1. The van der Waals surface area contributed by atoms with E-state index in [1.807, 2.05) is 55.5 Å². The second-order valence-corrected chi connectivity index (χ2v) is 9.95. The molecule has 0 radical (unpaired) electrons. The molecular weight excluding hydrogens is 489 g/mol. The van der Waals surface area contributed by atoms with Crippen LogP contribution in [0.4, 0.5) is 10.1 Å². The number of benzene rings is 3. The molecule has 194 valence electrons. The molecule has 39 heavy (non-hydrogen) atoms. The van der Waals surface area contributed by atoms with Gasteiger partial charge in [0.2, 0.25) is 0 Å². The number of nitrogens with one attached hydrogen (secondary N) is 1. The van der Waals surface area contributed by atoms with Gasteiger partial charge in [-0.3, -0.25) is 9.78 Å². The smallest absolute Gasteiger partial charge is 0.255 e. The van der Waals surface area contributed by atoms with Gasteiger partial charge in [0.05, 0.1) is 11.3 Å². The van der Waals surface area contributed by atoms with Crippen molar-refractivity contribution in [3.05, 3.63) is 102 Å². The molecular formula is C33H28FN3O2. The summed E-state index contributed by atoms with van der Waals surface area (Å²) in [6, 6.07) is 22.6. The van der Waals surface area contributed by atoms with E-state index in [2.05, 4.69) is 41.7 Å². The minimum absolute atomic E-state index is 0.172. The molecule has 5 nitrogen and oxygen atoms in total. The quantitative estimate of drug-likeness (QED) is 0.259. The third kappa shape index (κ3) is 4.48. The zero-order valence-electron chi connectivity index (χ0n) is 22.1. The van der Waals surface area contributed by atoms with Crippen molar-refractivity contribution in [2.24, 2.45) is 0 Å². The maximum absolute atomic E-state index is 13.7. The van der Waals surface area contributed by atoms with Crippen LogP contribution in [0.15, 0.2) is 95.3 Å². The Hall–Kier alpha value is -4.71. The molecule has 3 aromatic carbocycles. The summed E-state index contributed by atoms with van der Waals surface area (Å²) in [6.45, 7) is 0. The van der Waals surface area contributed by atoms with Crippen LogP contribution in [0, 0.1) is 0 Å². The lowest BCUT2D eigenvalue weighted by Crippen LogP contribution is -2.19. The third-order valence-electron chi connectivity index (χ3n) is 7.23. The highest BCUT2D eigenvalue weighted by molar-refractivity contribution is 6.11. The first-order valence-electron chi connectivity index (χ1n) is 12.9. The van der Waals surface area contributed by atoms with Gasteiger partial charge in [-0.25, -0.2) is 4.39 Å². The van der Waals surface area contributed by atoms with Crippen molar-refractivity contribution >= 4 is 38.9 Å². The summed E-state index contributed by atoms with van der Waals surface area (Å²) in [5.41, 5.74) is 6.71. The van der Waals surface area contributed by atoms with Gasteiger partial charge in [0.1, 0.15) is 17.2 Å². The molecule has 0 saturated heterocycles. The predicted octanol–water partition coefficient (Wildman–Crippen LogP) is 7.77. The average Bonchev–Trinajstić information content (AvgIpc) is 3.34. The zero-order valence-corrected chi connectivity index (χ0v) is 22.1. The second kappa shape index (κ2) is 9.87. The molecule has 0 bridgehead atoms. The lowest BCUT2D eigenvalue weighted by atomic mass is 9.95. The molecule has 0 atom stereocenters. The molecule has 0 fully saturated rings. The predicted molar refractivity (Wildman–Crippen MR) is 157 cm³/mol. The summed E-state index contributed by atoms with van der Waals surface area (Å²) in [6.07, 6.45) is 5.82. The van der Waals surface area contributed by atoms with Crippen LogP contribution >= 0.6 is 0 Å². The molecule has 1 N–H and O–H groups in total. The van der Waals surface area contributed by atoms with E-state index >= 15 is 0 Å². The van der Waals surface area contributed by atoms with Crippen molar-refractivity contribution in [1.29, 1.82) is 0 Å². The van der Waals surface area contributed by atoms with Crippen molar-refractivity contribution in [3.8, 4) is 22.4 Å². The van der Waals surface area contributed by atoms with E-state index in [-0.39, 0.29) is 11.7 Å². The molecule has 0 spiro atoms. The van der Waals surface area contributed by atoms with Gasteiger partial charge in [0.25, 0.3) is 5.91 Å². The number of nitrogens with zero attached hydrogens (tertiary/aromatic N) is 2. The number of pyridine rings is 1. The van der Waals surface area contributed by atoms with E-state index in [9.17, 15) is 9.18 Å². The number of aromatic nitrogens is 1. The van der Waals surface area contributed by atoms with Crippen LogP contribution in [0.3, 0.4) is 0 Å². The number of carbonyl (C=O) groups is 1. The van der Waals surface area contributed by atoms with Gasteiger partial charge in [0, 0.05) is 67.4 Å². The molecule has 0 aliphatic heterocycles. The Balaban J connectivity index is 1.53. The third-order valence-corrected chi connectivity index (χ3v) is 7.23. The largest absolute Gasteiger partial charge is 0.455 e. The van der Waals surface area contributed by atoms with Crippen molar-refractivity contribution in [1.82, 2.24) is 10.3 Å². The maximum atomic E-state index is 13.7. The number of amides is 1. The number of halogens is 1. The van der Waals surface area contributed by atoms with Crippen LogP contribution in [-0.2, 0) is 0 Å². The van der Waals surface area contributed by atoms with Crippen molar-refractivity contribution < 1.29 is 13.6 Å². The lowest BCUT2D eigenvalue weighted by Gasteiger charge is -2.18. The van der Waals surface area contributed by atoms with E-state index < -0.39 is 0 Å². The van der Waals surface area contributed by atoms with Gasteiger partial charge in [0.15, 0.2) is 0 Å². The van der Waals surface area contributed by atoms with Crippen LogP contribution in [0.1, 0.15) is 29.0 Å². The van der Waals surface area contributed by atoms with Crippen LogP contribution in [0.25, 0.3) is 49.7 Å². The molecule has 6 heteroatoms. The van der Waals surface area contributed by atoms with E-state index in [4.69, 9.17) is 9.40 Å². The van der Waals surface area contributed by atoms with Gasteiger partial charge in [-0.1, -0.05) is 48.5 Å². The Labute approximate surface area is 226 Å². The normalized spacial score (nSPS) is 13.3. The fourth-order valence-electron chi connectivity index (χ4n) is 5.20. The van der Waals surface area contributed by atoms with Crippen LogP contribution < -0.4 is 10.2 Å². The first-order chi connectivity index (χ1) is 18.9. The fourth-order valence-corrected chi connectivity index (χ4v) is 5.20. The number of carbonyl (C=O) groups excluding carboxylic acids is 1. The highest BCUT2D eigenvalue weighted by Crippen LogP contribution is 2.41. The van der Waals surface area contributed by atoms with Crippen molar-refractivity contribution in [3.63, 3.8) is 0 Å². The number of hydrogen-bond acceptors (Lipinski definition) is 4. The average molecular weight is 518 g/mol. The lowest BCUT2D eigenvalue weighted by molar-refractivity contribution is 0.0963. The van der Waals surface area contributed by atoms with Gasteiger partial charge < -0.3 is 14.6 Å². The highest BCUT2D eigenvalue weighted by Gasteiger charge is 2.25. The van der Waals surface area contributed by atoms with Gasteiger partial charge in [-0.05, 0) is 47.2 Å². The summed E-state index contributed by atoms with van der Waals surface area (Å²) in [5.74, 6) is 0.0794. The first kappa shape index (κ1) is 24.6. The van der Waals surface area contributed by atoms with E-state index in [0.717, 1.165) is 49.8 Å². The van der Waals surface area contributed by atoms with Crippen LogP contribution in [0.2, 0.25) is 0 Å². The standard InChI is InChI=1S/C33H28FN3O2/c1-35-33(38)31-27-17-26(29(37(2)3)18-30(27)39-32(31)20-11-13-25(34)14-12-20)22-9-6-10-23(15-22)28-16-21-7-4-5-8-24(21)19-36-28/h4-11,13,15-19H,12,14H2,1-3H3,(H,35,38). The van der Waals surface area contributed by atoms with E-state index in [1.54, 1.807) is 13.1 Å². The second-order valence-electron chi connectivity index (χ2n) is 9.95. The Morgan fingerprint density at radius 1 is 0.949 bits per heavy atom. The Bertz CT molecular complexity index is 1810. The van der Waals surface area contributed by atoms with Crippen LogP contribution in [0.5, 0.6) is 0 Å². The number of hydrogen-bond donors (Lipinski definition) is 1. The number of fused-ring (bicyclic) bond motifs is 2. The maximum Gasteiger partial charge on any atom is 0.255 e. The monoisotopic (exact) mass is 517 g/mol. The highest BCUT2D eigenvalue weighted by atomic mass is 19.1. The molecule has 1 amide bonds. The van der Waals surface area contributed by atoms with Gasteiger partial charge >= 0.3 is 0 Å². The van der Waals surface area contributed by atoms with Crippen LogP contribution in [-0.4, -0.2) is 32.0 Å². The summed E-state index contributed by atoms with van der Waals surface area (Å²) in [4.78, 5) is 19.9. The molecule has 0 saturated carbocycles. The number of anilines is 1. The SMILES string of the molecule is CNC(=O)c1c(C2=CC=C(F)CC2)oc2cc(N(C)C)c(-c3cccc(-c4cc5ccccc5cn4)c3)cc12. The minimum atomic E-state index is -0.239. The minimum Gasteiger partial charge on any atom is -0.455 e. The Morgan fingerprint density at radius 3 is 2.49 bits per heavy atom. The summed E-state index contributed by atoms with van der Waals surface area (Å²) < 4.78 is 20.0. The number of rotatable bonds is 5. The molecule has 6 rings (SSSR count). The summed E-state index contributed by atoms with van der Waals surface area (Å²) in [5, 5.41) is 5.71. The molecule has 2 heterocycles. The zero-order chi connectivity index (χ0) is 27.1. The molecule has 1 aliphatic carbocycles. The fraction of sp³-hybridized carbons (Fsp3) is 0.152. The Morgan fingerprint density at radius 2 is 1.74 bits per heavy atom. The summed E-state index contributed by atoms with van der Waals surface area (Å²) >= 11 is 0. The molecule has 2 aromatic heterocycles. The van der Waals surface area contributed by atoms with Gasteiger partial charge in [-0.15, -0.1) is 0 Å². The Kier molecular flexibility index (Phi) is 6.23. The summed E-state index contributed by atoms with van der Waals surface area (Å²) in [7, 11) is 5.58. The molecule has 5 aromatic rings. The van der Waals surface area contributed by atoms with Gasteiger partial charge in [-0.2, -0.15) is 0 Å². The topological polar surface area (TPSA) is 58.4 Å². The number of allylic oxidation sites excluding steroid dienone is 4. The first-order valence-corrected chi connectivity index (χ1v) is 12.9. The molecule has 1 aliphatic rings. The molecule has 0 unspecified atom stereocenters. The van der Waals surface area contributed by atoms with E-state index in [0.29, 0.717) is 29.7 Å².